The first-order valence-corrected chi connectivity index (χ1v) is 8.21. The van der Waals surface area contributed by atoms with Gasteiger partial charge in [0, 0.05) is 25.2 Å². The molecule has 1 saturated carbocycles. The van der Waals surface area contributed by atoms with E-state index in [-0.39, 0.29) is 5.92 Å². The van der Waals surface area contributed by atoms with Gasteiger partial charge in [0.25, 0.3) is 0 Å². The number of piperidine rings is 1. The number of carbonyl (C=O) groups is 1. The number of nitrogens with zero attached hydrogens (tertiary/aromatic N) is 1. The highest BCUT2D eigenvalue weighted by molar-refractivity contribution is 5.70. The summed E-state index contributed by atoms with van der Waals surface area (Å²) in [5, 5.41) is 13.0. The molecule has 0 aromatic carbocycles. The molecule has 1 saturated heterocycles. The molecule has 0 spiro atoms. The first-order valence-electron chi connectivity index (χ1n) is 8.21. The summed E-state index contributed by atoms with van der Waals surface area (Å²) >= 11 is 0. The van der Waals surface area contributed by atoms with Crippen molar-refractivity contribution >= 4 is 5.97 Å². The van der Waals surface area contributed by atoms with Crippen LogP contribution in [0.3, 0.4) is 0 Å². The summed E-state index contributed by atoms with van der Waals surface area (Å²) in [5.74, 6) is 0.593. The van der Waals surface area contributed by atoms with Crippen molar-refractivity contribution < 1.29 is 9.90 Å². The highest BCUT2D eigenvalue weighted by atomic mass is 16.4. The van der Waals surface area contributed by atoms with Gasteiger partial charge in [-0.15, -0.1) is 0 Å². The van der Waals surface area contributed by atoms with Gasteiger partial charge in [-0.2, -0.15) is 0 Å². The molecule has 0 amide bonds. The minimum atomic E-state index is -0.628. The maximum atomic E-state index is 11.4. The third-order valence-corrected chi connectivity index (χ3v) is 4.70. The molecular formula is C16H30N2O2. The maximum Gasteiger partial charge on any atom is 0.307 e. The van der Waals surface area contributed by atoms with E-state index in [2.05, 4.69) is 31.0 Å². The molecule has 1 aliphatic heterocycles. The first-order chi connectivity index (χ1) is 9.51. The molecule has 116 valence electrons. The topological polar surface area (TPSA) is 52.6 Å². The van der Waals surface area contributed by atoms with Crippen molar-refractivity contribution in [2.45, 2.75) is 58.5 Å². The number of nitrogens with one attached hydrogen (secondary N) is 1. The monoisotopic (exact) mass is 282 g/mol. The largest absolute Gasteiger partial charge is 0.481 e. The zero-order valence-corrected chi connectivity index (χ0v) is 13.1. The van der Waals surface area contributed by atoms with E-state index in [9.17, 15) is 9.90 Å². The third kappa shape index (κ3) is 4.19. The summed E-state index contributed by atoms with van der Waals surface area (Å²) in [4.78, 5) is 13.9. The van der Waals surface area contributed by atoms with Crippen LogP contribution in [-0.2, 0) is 4.79 Å². The Morgan fingerprint density at radius 2 is 2.05 bits per heavy atom. The van der Waals surface area contributed by atoms with Crippen LogP contribution < -0.4 is 5.32 Å². The lowest BCUT2D eigenvalue weighted by molar-refractivity contribution is -0.144. The Balaban J connectivity index is 1.97. The molecule has 0 aromatic heterocycles. The number of carboxylic acids is 1. The molecular weight excluding hydrogens is 252 g/mol. The van der Waals surface area contributed by atoms with E-state index >= 15 is 0 Å². The van der Waals surface area contributed by atoms with Gasteiger partial charge in [-0.3, -0.25) is 9.69 Å². The predicted octanol–water partition coefficient (Wildman–Crippen LogP) is 2.20. The fourth-order valence-corrected chi connectivity index (χ4v) is 3.50. The molecule has 0 bridgehead atoms. The lowest BCUT2D eigenvalue weighted by Crippen LogP contribution is -2.55. The molecule has 4 nitrogen and oxygen atoms in total. The summed E-state index contributed by atoms with van der Waals surface area (Å²) < 4.78 is 0. The molecule has 1 aliphatic carbocycles. The zero-order valence-electron chi connectivity index (χ0n) is 13.1. The molecule has 0 aromatic rings. The van der Waals surface area contributed by atoms with Gasteiger partial charge in [0.15, 0.2) is 0 Å². The van der Waals surface area contributed by atoms with Crippen LogP contribution in [0.4, 0.5) is 0 Å². The number of rotatable bonds is 7. The second-order valence-electron chi connectivity index (χ2n) is 7.04. The van der Waals surface area contributed by atoms with E-state index in [0.29, 0.717) is 18.0 Å². The Morgan fingerprint density at radius 1 is 1.35 bits per heavy atom. The van der Waals surface area contributed by atoms with Gasteiger partial charge in [0.05, 0.1) is 5.92 Å². The Bertz CT molecular complexity index is 328. The van der Waals surface area contributed by atoms with Crippen molar-refractivity contribution in [3.63, 3.8) is 0 Å². The van der Waals surface area contributed by atoms with Crippen molar-refractivity contribution in [1.82, 2.24) is 10.2 Å². The predicted molar refractivity (Wildman–Crippen MR) is 80.7 cm³/mol. The maximum absolute atomic E-state index is 11.4. The fourth-order valence-electron chi connectivity index (χ4n) is 3.50. The summed E-state index contributed by atoms with van der Waals surface area (Å²) in [5.41, 5.74) is 0. The van der Waals surface area contributed by atoms with E-state index in [1.54, 1.807) is 0 Å². The van der Waals surface area contributed by atoms with Gasteiger partial charge in [-0.25, -0.2) is 0 Å². The van der Waals surface area contributed by atoms with Crippen molar-refractivity contribution in [2.75, 3.05) is 19.6 Å². The van der Waals surface area contributed by atoms with Gasteiger partial charge >= 0.3 is 5.97 Å². The van der Waals surface area contributed by atoms with Gasteiger partial charge < -0.3 is 10.4 Å². The zero-order chi connectivity index (χ0) is 14.7. The number of likely N-dealkylation sites (tertiary alicyclic amines) is 1. The molecule has 2 aliphatic rings. The van der Waals surface area contributed by atoms with Gasteiger partial charge in [-0.05, 0) is 44.1 Å². The average Bonchev–Trinajstić information content (AvgIpc) is 3.21. The summed E-state index contributed by atoms with van der Waals surface area (Å²) in [6.07, 6.45) is 4.58. The van der Waals surface area contributed by atoms with Gasteiger partial charge in [-0.1, -0.05) is 20.8 Å². The highest BCUT2D eigenvalue weighted by Gasteiger charge is 2.39. The van der Waals surface area contributed by atoms with Crippen molar-refractivity contribution in [1.29, 1.82) is 0 Å². The Labute approximate surface area is 122 Å². The summed E-state index contributed by atoms with van der Waals surface area (Å²) in [6, 6.07) is 0.931. The van der Waals surface area contributed by atoms with E-state index in [0.717, 1.165) is 38.4 Å². The molecule has 4 heteroatoms. The normalized spacial score (nSPS) is 29.6. The summed E-state index contributed by atoms with van der Waals surface area (Å²) in [7, 11) is 0. The van der Waals surface area contributed by atoms with E-state index in [1.165, 1.54) is 12.8 Å². The Morgan fingerprint density at radius 3 is 2.55 bits per heavy atom. The van der Waals surface area contributed by atoms with E-state index in [1.807, 2.05) is 0 Å². The highest BCUT2D eigenvalue weighted by Crippen LogP contribution is 2.38. The number of hydrogen-bond acceptors (Lipinski definition) is 3. The number of carboxylic acid groups (broad SMARTS) is 1. The molecule has 1 heterocycles. The first kappa shape index (κ1) is 15.8. The molecule has 2 rings (SSSR count). The van der Waals surface area contributed by atoms with Crippen LogP contribution >= 0.6 is 0 Å². The van der Waals surface area contributed by atoms with Gasteiger partial charge in [0.1, 0.15) is 0 Å². The van der Waals surface area contributed by atoms with Crippen LogP contribution in [0.25, 0.3) is 0 Å². The minimum Gasteiger partial charge on any atom is -0.481 e. The fraction of sp³-hybridized carbons (Fsp3) is 0.938. The quantitative estimate of drug-likeness (QED) is 0.751. The molecule has 2 N–H and O–H groups in total. The van der Waals surface area contributed by atoms with Crippen LogP contribution in [0, 0.1) is 17.8 Å². The Kier molecular flexibility index (Phi) is 5.44. The van der Waals surface area contributed by atoms with Crippen molar-refractivity contribution in [2.24, 2.45) is 17.8 Å². The van der Waals surface area contributed by atoms with Gasteiger partial charge in [0.2, 0.25) is 0 Å². The Hall–Kier alpha value is -0.610. The van der Waals surface area contributed by atoms with Crippen LogP contribution in [0.5, 0.6) is 0 Å². The second kappa shape index (κ2) is 6.90. The van der Waals surface area contributed by atoms with E-state index < -0.39 is 5.97 Å². The molecule has 3 unspecified atom stereocenters. The lowest BCUT2D eigenvalue weighted by Gasteiger charge is -2.41. The number of aliphatic carboxylic acids is 1. The van der Waals surface area contributed by atoms with Crippen LogP contribution in [0.2, 0.25) is 0 Å². The van der Waals surface area contributed by atoms with Crippen molar-refractivity contribution in [3.8, 4) is 0 Å². The molecule has 2 fully saturated rings. The van der Waals surface area contributed by atoms with Crippen molar-refractivity contribution in [3.05, 3.63) is 0 Å². The molecule has 3 atom stereocenters. The summed E-state index contributed by atoms with van der Waals surface area (Å²) in [6.45, 7) is 9.37. The standard InChI is InChI=1S/C16H30N2O2/c1-4-15(12-5-6-12)18-9-13(16(19)20)7-14(10-18)17-8-11(2)3/h11-15,17H,4-10H2,1-3H3,(H,19,20). The van der Waals surface area contributed by atoms with Crippen LogP contribution in [0.1, 0.15) is 46.5 Å². The van der Waals surface area contributed by atoms with Crippen LogP contribution in [0.15, 0.2) is 0 Å². The van der Waals surface area contributed by atoms with Crippen LogP contribution in [-0.4, -0.2) is 47.7 Å². The smallest absolute Gasteiger partial charge is 0.307 e. The van der Waals surface area contributed by atoms with E-state index in [4.69, 9.17) is 0 Å². The SMILES string of the molecule is CCC(C1CC1)N1CC(NCC(C)C)CC(C(=O)O)C1. The molecule has 20 heavy (non-hydrogen) atoms. The molecule has 0 radical (unpaired) electrons. The minimum absolute atomic E-state index is 0.207. The lowest BCUT2D eigenvalue weighted by atomic mass is 9.91. The third-order valence-electron chi connectivity index (χ3n) is 4.70. The average molecular weight is 282 g/mol. The number of hydrogen-bond donors (Lipinski definition) is 2. The second-order valence-corrected chi connectivity index (χ2v) is 7.04.